The minimum absolute atomic E-state index is 0.0787. The number of piperidine rings is 1. The van der Waals surface area contributed by atoms with Crippen LogP contribution >= 0.6 is 0 Å². The normalized spacial score (nSPS) is 23.7. The highest BCUT2D eigenvalue weighted by Crippen LogP contribution is 2.36. The number of carbonyl (C=O) groups is 2. The third kappa shape index (κ3) is 6.58. The molecule has 2 aliphatic heterocycles. The largest absolute Gasteiger partial charge is 0.508 e. The van der Waals surface area contributed by atoms with Gasteiger partial charge in [0.2, 0.25) is 11.8 Å². The molecule has 0 aromatic heterocycles. The van der Waals surface area contributed by atoms with Gasteiger partial charge in [0.15, 0.2) is 0 Å². The van der Waals surface area contributed by atoms with Crippen LogP contribution in [-0.4, -0.2) is 82.3 Å². The van der Waals surface area contributed by atoms with E-state index < -0.39 is 17.7 Å². The summed E-state index contributed by atoms with van der Waals surface area (Å²) >= 11 is 0. The summed E-state index contributed by atoms with van der Waals surface area (Å²) < 4.78 is 5.74. The van der Waals surface area contributed by atoms with E-state index in [1.165, 1.54) is 6.42 Å². The molecular formula is C29H45N3O5. The van der Waals surface area contributed by atoms with Gasteiger partial charge in [-0.15, -0.1) is 0 Å². The van der Waals surface area contributed by atoms with Gasteiger partial charge in [0, 0.05) is 19.6 Å². The second-order valence-electron chi connectivity index (χ2n) is 11.1. The summed E-state index contributed by atoms with van der Waals surface area (Å²) in [6.45, 7) is 5.78. The molecule has 2 amide bonds. The van der Waals surface area contributed by atoms with Crippen molar-refractivity contribution in [2.75, 3.05) is 32.8 Å². The van der Waals surface area contributed by atoms with E-state index in [9.17, 15) is 19.8 Å². The summed E-state index contributed by atoms with van der Waals surface area (Å²) in [7, 11) is 0. The molecule has 1 aliphatic carbocycles. The SMILES string of the molecule is CCCCN1C(=O)[C@@H]([C@H](O)C2CCCCC2)NC(=O)C12CCN(CCCCOc1ccc(O)cc1)CC2. The van der Waals surface area contributed by atoms with Gasteiger partial charge in [-0.1, -0.05) is 32.6 Å². The van der Waals surface area contributed by atoms with E-state index in [0.717, 1.165) is 76.8 Å². The maximum Gasteiger partial charge on any atom is 0.248 e. The number of phenols is 1. The molecule has 2 atom stereocenters. The van der Waals surface area contributed by atoms with Crippen molar-refractivity contribution in [3.05, 3.63) is 24.3 Å². The Morgan fingerprint density at radius 2 is 1.73 bits per heavy atom. The molecule has 1 aromatic carbocycles. The standard InChI is InChI=1S/C29H45N3O5/c1-2-3-18-32-27(35)25(26(34)22-9-5-4-6-10-22)30-28(36)29(32)15-19-31(20-16-29)17-7-8-21-37-24-13-11-23(33)12-14-24/h11-14,22,25-26,33-34H,2-10,15-21H2,1H3,(H,30,36)/t25-,26-/m1/s1. The van der Waals surface area contributed by atoms with Crippen LogP contribution in [0, 0.1) is 5.92 Å². The average molecular weight is 516 g/mol. The Morgan fingerprint density at radius 1 is 1.03 bits per heavy atom. The van der Waals surface area contributed by atoms with Crippen LogP contribution in [0.1, 0.15) is 77.6 Å². The lowest BCUT2D eigenvalue weighted by Gasteiger charge is -2.52. The second-order valence-corrected chi connectivity index (χ2v) is 11.1. The molecule has 1 spiro atoms. The van der Waals surface area contributed by atoms with Gasteiger partial charge < -0.3 is 30.1 Å². The highest BCUT2D eigenvalue weighted by Gasteiger charge is 2.55. The Labute approximate surface area is 221 Å². The fourth-order valence-electron chi connectivity index (χ4n) is 6.27. The molecule has 2 saturated heterocycles. The van der Waals surface area contributed by atoms with Gasteiger partial charge in [0.25, 0.3) is 0 Å². The summed E-state index contributed by atoms with van der Waals surface area (Å²) in [5, 5.41) is 23.5. The van der Waals surface area contributed by atoms with Crippen LogP contribution in [0.25, 0.3) is 0 Å². The summed E-state index contributed by atoms with van der Waals surface area (Å²) in [5.74, 6) is 0.901. The molecule has 8 nitrogen and oxygen atoms in total. The van der Waals surface area contributed by atoms with Gasteiger partial charge in [0.05, 0.1) is 12.7 Å². The predicted octanol–water partition coefficient (Wildman–Crippen LogP) is 3.45. The van der Waals surface area contributed by atoms with Crippen molar-refractivity contribution in [2.45, 2.75) is 95.2 Å². The van der Waals surface area contributed by atoms with E-state index in [1.54, 1.807) is 24.3 Å². The number of carbonyl (C=O) groups excluding carboxylic acids is 2. The van der Waals surface area contributed by atoms with Crippen LogP contribution in [0.2, 0.25) is 0 Å². The number of hydrogen-bond donors (Lipinski definition) is 3. The van der Waals surface area contributed by atoms with Gasteiger partial charge in [-0.25, -0.2) is 0 Å². The Balaban J connectivity index is 1.30. The van der Waals surface area contributed by atoms with Crippen LogP contribution in [-0.2, 0) is 9.59 Å². The van der Waals surface area contributed by atoms with Crippen molar-refractivity contribution in [2.24, 2.45) is 5.92 Å². The van der Waals surface area contributed by atoms with Gasteiger partial charge in [0.1, 0.15) is 23.1 Å². The zero-order chi connectivity index (χ0) is 26.3. The van der Waals surface area contributed by atoms with E-state index in [-0.39, 0.29) is 23.5 Å². The van der Waals surface area contributed by atoms with Crippen molar-refractivity contribution in [3.8, 4) is 11.5 Å². The Kier molecular flexibility index (Phi) is 9.71. The molecule has 3 fully saturated rings. The highest BCUT2D eigenvalue weighted by atomic mass is 16.5. The number of nitrogens with one attached hydrogen (secondary N) is 1. The molecule has 1 saturated carbocycles. The molecular weight excluding hydrogens is 470 g/mol. The first-order valence-electron chi connectivity index (χ1n) is 14.4. The van der Waals surface area contributed by atoms with Gasteiger partial charge in [-0.3, -0.25) is 9.59 Å². The van der Waals surface area contributed by atoms with Crippen LogP contribution < -0.4 is 10.1 Å². The van der Waals surface area contributed by atoms with Crippen LogP contribution in [0.4, 0.5) is 0 Å². The van der Waals surface area contributed by atoms with E-state index in [1.807, 2.05) is 4.90 Å². The maximum absolute atomic E-state index is 13.7. The lowest BCUT2D eigenvalue weighted by molar-refractivity contribution is -0.165. The number of aliphatic hydroxyl groups is 1. The molecule has 3 aliphatic rings. The summed E-state index contributed by atoms with van der Waals surface area (Å²) in [6.07, 6.45) is 9.38. The third-order valence-corrected chi connectivity index (χ3v) is 8.62. The minimum Gasteiger partial charge on any atom is -0.508 e. The average Bonchev–Trinajstić information content (AvgIpc) is 2.92. The van der Waals surface area contributed by atoms with Crippen molar-refractivity contribution in [1.29, 1.82) is 0 Å². The number of unbranched alkanes of at least 4 members (excludes halogenated alkanes) is 2. The molecule has 37 heavy (non-hydrogen) atoms. The van der Waals surface area contributed by atoms with E-state index in [0.29, 0.717) is 26.0 Å². The number of piperazine rings is 1. The third-order valence-electron chi connectivity index (χ3n) is 8.62. The Hall–Kier alpha value is -2.32. The molecule has 0 unspecified atom stereocenters. The van der Waals surface area contributed by atoms with Crippen LogP contribution in [0.15, 0.2) is 24.3 Å². The molecule has 1 aromatic rings. The fraction of sp³-hybridized carbons (Fsp3) is 0.724. The number of phenolic OH excluding ortho intramolecular Hbond substituents is 1. The summed E-state index contributed by atoms with van der Waals surface area (Å²) in [6, 6.07) is 5.95. The van der Waals surface area contributed by atoms with Crippen LogP contribution in [0.3, 0.4) is 0 Å². The predicted molar refractivity (Wildman–Crippen MR) is 142 cm³/mol. The molecule has 206 valence electrons. The monoisotopic (exact) mass is 515 g/mol. The molecule has 4 rings (SSSR count). The van der Waals surface area contributed by atoms with Gasteiger partial charge in [-0.2, -0.15) is 0 Å². The molecule has 0 radical (unpaired) electrons. The zero-order valence-corrected chi connectivity index (χ0v) is 22.4. The number of benzene rings is 1. The number of likely N-dealkylation sites (tertiary alicyclic amines) is 1. The number of amides is 2. The van der Waals surface area contributed by atoms with Crippen molar-refractivity contribution in [1.82, 2.24) is 15.1 Å². The first-order valence-corrected chi connectivity index (χ1v) is 14.4. The number of aromatic hydroxyl groups is 1. The smallest absolute Gasteiger partial charge is 0.248 e. The molecule has 0 bridgehead atoms. The van der Waals surface area contributed by atoms with E-state index in [2.05, 4.69) is 17.1 Å². The first kappa shape index (κ1) is 27.7. The van der Waals surface area contributed by atoms with E-state index >= 15 is 0 Å². The Bertz CT molecular complexity index is 878. The minimum atomic E-state index is -0.815. The first-order chi connectivity index (χ1) is 17.9. The zero-order valence-electron chi connectivity index (χ0n) is 22.4. The van der Waals surface area contributed by atoms with Gasteiger partial charge in [-0.05, 0) is 81.7 Å². The number of rotatable bonds is 11. The van der Waals surface area contributed by atoms with Crippen LogP contribution in [0.5, 0.6) is 11.5 Å². The summed E-state index contributed by atoms with van der Waals surface area (Å²) in [5.41, 5.74) is -0.798. The van der Waals surface area contributed by atoms with E-state index in [4.69, 9.17) is 4.74 Å². The quantitative estimate of drug-likeness (QED) is 0.390. The topological polar surface area (TPSA) is 102 Å². The highest BCUT2D eigenvalue weighted by molar-refractivity contribution is 6.00. The molecule has 3 N–H and O–H groups in total. The fourth-order valence-corrected chi connectivity index (χ4v) is 6.27. The lowest BCUT2D eigenvalue weighted by atomic mass is 9.78. The van der Waals surface area contributed by atoms with Gasteiger partial charge >= 0.3 is 0 Å². The number of nitrogens with zero attached hydrogens (tertiary/aromatic N) is 2. The van der Waals surface area contributed by atoms with Crippen molar-refractivity contribution >= 4 is 11.8 Å². The number of aliphatic hydroxyl groups excluding tert-OH is 1. The lowest BCUT2D eigenvalue weighted by Crippen LogP contribution is -2.75. The number of hydrogen-bond acceptors (Lipinski definition) is 6. The molecule has 2 heterocycles. The molecule has 8 heteroatoms. The summed E-state index contributed by atoms with van der Waals surface area (Å²) in [4.78, 5) is 31.5. The van der Waals surface area contributed by atoms with Crippen molar-refractivity contribution in [3.63, 3.8) is 0 Å². The number of ether oxygens (including phenoxy) is 1. The second kappa shape index (κ2) is 13.0. The maximum atomic E-state index is 13.7. The van der Waals surface area contributed by atoms with Crippen molar-refractivity contribution < 1.29 is 24.5 Å². The Morgan fingerprint density at radius 3 is 2.41 bits per heavy atom.